The first kappa shape index (κ1) is 11.5. The molecule has 0 aliphatic heterocycles. The Kier molecular flexibility index (Phi) is 4.12. The van der Waals surface area contributed by atoms with Gasteiger partial charge in [-0.3, -0.25) is 4.79 Å². The third kappa shape index (κ3) is 3.59. The van der Waals surface area contributed by atoms with Gasteiger partial charge in [0.2, 0.25) is 0 Å². The third-order valence-corrected chi connectivity index (χ3v) is 1.99. The minimum atomic E-state index is -0.901. The van der Waals surface area contributed by atoms with E-state index in [-0.39, 0.29) is 12.2 Å². The molecule has 0 bridgehead atoms. The molecule has 0 saturated carbocycles. The summed E-state index contributed by atoms with van der Waals surface area (Å²) in [5, 5.41) is 17.8. The fraction of sp³-hybridized carbons (Fsp3) is 0.364. The molecule has 2 N–H and O–H groups in total. The molecule has 0 spiro atoms. The minimum Gasteiger partial charge on any atom is -0.508 e. The van der Waals surface area contributed by atoms with Gasteiger partial charge in [-0.1, -0.05) is 12.1 Å². The zero-order valence-electron chi connectivity index (χ0n) is 8.51. The molecule has 15 heavy (non-hydrogen) atoms. The lowest BCUT2D eigenvalue weighted by Gasteiger charge is -2.15. The summed E-state index contributed by atoms with van der Waals surface area (Å²) in [6.45, 7) is 2.27. The molecule has 1 rings (SSSR count). The second kappa shape index (κ2) is 5.36. The van der Waals surface area contributed by atoms with E-state index in [1.54, 1.807) is 12.1 Å². The van der Waals surface area contributed by atoms with Crippen molar-refractivity contribution in [2.75, 3.05) is 6.61 Å². The molecule has 1 atom stereocenters. The lowest BCUT2D eigenvalue weighted by atomic mass is 10.1. The molecule has 4 nitrogen and oxygen atoms in total. The number of phenolic OH excluding ortho intramolecular Hbond substituents is 1. The van der Waals surface area contributed by atoms with Crippen molar-refractivity contribution in [3.63, 3.8) is 0 Å². The molecule has 0 saturated heterocycles. The molecule has 0 aliphatic rings. The van der Waals surface area contributed by atoms with Crippen molar-refractivity contribution in [3.05, 3.63) is 29.8 Å². The van der Waals surface area contributed by atoms with Gasteiger partial charge in [-0.05, 0) is 24.6 Å². The Morgan fingerprint density at radius 3 is 2.47 bits per heavy atom. The monoisotopic (exact) mass is 210 g/mol. The minimum absolute atomic E-state index is 0.0708. The van der Waals surface area contributed by atoms with Gasteiger partial charge in [0, 0.05) is 6.61 Å². The number of carboxylic acids is 1. The molecule has 1 aromatic rings. The zero-order chi connectivity index (χ0) is 11.3. The van der Waals surface area contributed by atoms with Crippen LogP contribution >= 0.6 is 0 Å². The highest BCUT2D eigenvalue weighted by Gasteiger charge is 2.15. The van der Waals surface area contributed by atoms with Gasteiger partial charge < -0.3 is 14.9 Å². The van der Waals surface area contributed by atoms with Crippen molar-refractivity contribution in [1.29, 1.82) is 0 Å². The highest BCUT2D eigenvalue weighted by molar-refractivity contribution is 5.67. The van der Waals surface area contributed by atoms with Crippen LogP contribution in [0.15, 0.2) is 24.3 Å². The van der Waals surface area contributed by atoms with Crippen LogP contribution in [0.3, 0.4) is 0 Å². The Hall–Kier alpha value is -1.55. The first-order chi connectivity index (χ1) is 7.13. The molecule has 0 aliphatic carbocycles. The molecule has 0 fully saturated rings. The van der Waals surface area contributed by atoms with Crippen molar-refractivity contribution >= 4 is 5.97 Å². The van der Waals surface area contributed by atoms with Gasteiger partial charge in [-0.25, -0.2) is 0 Å². The topological polar surface area (TPSA) is 66.8 Å². The molecular weight excluding hydrogens is 196 g/mol. The van der Waals surface area contributed by atoms with Crippen molar-refractivity contribution in [3.8, 4) is 5.75 Å². The lowest BCUT2D eigenvalue weighted by Crippen LogP contribution is -2.09. The van der Waals surface area contributed by atoms with E-state index in [2.05, 4.69) is 0 Å². The van der Waals surface area contributed by atoms with E-state index in [0.29, 0.717) is 6.61 Å². The molecular formula is C11H14O4. The van der Waals surface area contributed by atoms with E-state index in [4.69, 9.17) is 14.9 Å². The fourth-order valence-corrected chi connectivity index (χ4v) is 1.32. The third-order valence-electron chi connectivity index (χ3n) is 1.99. The van der Waals surface area contributed by atoms with E-state index in [1.807, 2.05) is 6.92 Å². The second-order valence-electron chi connectivity index (χ2n) is 3.13. The van der Waals surface area contributed by atoms with E-state index < -0.39 is 12.1 Å². The first-order valence-electron chi connectivity index (χ1n) is 4.75. The Morgan fingerprint density at radius 1 is 1.40 bits per heavy atom. The van der Waals surface area contributed by atoms with Gasteiger partial charge in [0.1, 0.15) is 5.75 Å². The van der Waals surface area contributed by atoms with Crippen LogP contribution in [0.4, 0.5) is 0 Å². The van der Waals surface area contributed by atoms with Crippen LogP contribution in [0.25, 0.3) is 0 Å². The number of carbonyl (C=O) groups is 1. The Morgan fingerprint density at radius 2 is 2.00 bits per heavy atom. The molecule has 1 aromatic carbocycles. The summed E-state index contributed by atoms with van der Waals surface area (Å²) in [5.74, 6) is -0.745. The number of benzene rings is 1. The summed E-state index contributed by atoms with van der Waals surface area (Å²) < 4.78 is 5.32. The van der Waals surface area contributed by atoms with Gasteiger partial charge in [0.25, 0.3) is 0 Å². The molecule has 4 heteroatoms. The van der Waals surface area contributed by atoms with Crippen molar-refractivity contribution in [2.45, 2.75) is 19.4 Å². The predicted octanol–water partition coefficient (Wildman–Crippen LogP) is 1.94. The summed E-state index contributed by atoms with van der Waals surface area (Å²) in [4.78, 5) is 10.6. The van der Waals surface area contributed by atoms with Crippen molar-refractivity contribution < 1.29 is 19.7 Å². The average Bonchev–Trinajstić information content (AvgIpc) is 2.17. The standard InChI is InChI=1S/C11H14O4/c1-2-15-10(7-11(13)14)8-3-5-9(12)6-4-8/h3-6,10,12H,2,7H2,1H3,(H,13,14)/t10-/m0/s1. The van der Waals surface area contributed by atoms with Crippen LogP contribution in [-0.4, -0.2) is 22.8 Å². The fourth-order valence-electron chi connectivity index (χ4n) is 1.32. The highest BCUT2D eigenvalue weighted by atomic mass is 16.5. The zero-order valence-corrected chi connectivity index (χ0v) is 8.51. The molecule has 0 heterocycles. The maximum absolute atomic E-state index is 10.6. The molecule has 0 amide bonds. The summed E-state index contributed by atoms with van der Waals surface area (Å²) >= 11 is 0. The summed E-state index contributed by atoms with van der Waals surface area (Å²) in [5.41, 5.74) is 0.761. The van der Waals surface area contributed by atoms with Gasteiger partial charge in [0.15, 0.2) is 0 Å². The summed E-state index contributed by atoms with van der Waals surface area (Å²) in [7, 11) is 0. The number of hydrogen-bond donors (Lipinski definition) is 2. The van der Waals surface area contributed by atoms with Crippen molar-refractivity contribution in [1.82, 2.24) is 0 Å². The maximum Gasteiger partial charge on any atom is 0.306 e. The van der Waals surface area contributed by atoms with E-state index >= 15 is 0 Å². The quantitative estimate of drug-likeness (QED) is 0.779. The molecule has 0 unspecified atom stereocenters. The largest absolute Gasteiger partial charge is 0.508 e. The molecule has 0 aromatic heterocycles. The van der Waals surface area contributed by atoms with Crippen molar-refractivity contribution in [2.24, 2.45) is 0 Å². The number of carboxylic acid groups (broad SMARTS) is 1. The number of aromatic hydroxyl groups is 1. The normalized spacial score (nSPS) is 12.3. The van der Waals surface area contributed by atoms with Crippen LogP contribution in [0.5, 0.6) is 5.75 Å². The van der Waals surface area contributed by atoms with Crippen LogP contribution in [-0.2, 0) is 9.53 Å². The number of phenols is 1. The summed E-state index contributed by atoms with van der Waals surface area (Å²) in [6, 6.07) is 6.36. The molecule has 82 valence electrons. The Bertz CT molecular complexity index is 318. The van der Waals surface area contributed by atoms with Crippen LogP contribution < -0.4 is 0 Å². The average molecular weight is 210 g/mol. The van der Waals surface area contributed by atoms with Gasteiger partial charge in [0.05, 0.1) is 12.5 Å². The van der Waals surface area contributed by atoms with Crippen LogP contribution in [0.1, 0.15) is 25.0 Å². The Balaban J connectivity index is 2.78. The van der Waals surface area contributed by atoms with Gasteiger partial charge in [-0.2, -0.15) is 0 Å². The number of aliphatic carboxylic acids is 1. The first-order valence-corrected chi connectivity index (χ1v) is 4.75. The number of rotatable bonds is 5. The van der Waals surface area contributed by atoms with Crippen LogP contribution in [0, 0.1) is 0 Å². The number of hydrogen-bond acceptors (Lipinski definition) is 3. The van der Waals surface area contributed by atoms with E-state index in [9.17, 15) is 4.79 Å². The van der Waals surface area contributed by atoms with E-state index in [0.717, 1.165) is 5.56 Å². The number of ether oxygens (including phenoxy) is 1. The second-order valence-corrected chi connectivity index (χ2v) is 3.13. The van der Waals surface area contributed by atoms with Gasteiger partial charge >= 0.3 is 5.97 Å². The predicted molar refractivity (Wildman–Crippen MR) is 54.7 cm³/mol. The summed E-state index contributed by atoms with van der Waals surface area (Å²) in [6.07, 6.45) is -0.522. The SMILES string of the molecule is CCO[C@@H](CC(=O)O)c1ccc(O)cc1. The lowest BCUT2D eigenvalue weighted by molar-refractivity contribution is -0.140. The maximum atomic E-state index is 10.6. The Labute approximate surface area is 88.1 Å². The highest BCUT2D eigenvalue weighted by Crippen LogP contribution is 2.23. The van der Waals surface area contributed by atoms with Crippen LogP contribution in [0.2, 0.25) is 0 Å². The smallest absolute Gasteiger partial charge is 0.306 e. The van der Waals surface area contributed by atoms with Gasteiger partial charge in [-0.15, -0.1) is 0 Å². The van der Waals surface area contributed by atoms with E-state index in [1.165, 1.54) is 12.1 Å². The molecule has 0 radical (unpaired) electrons.